The van der Waals surface area contributed by atoms with Gasteiger partial charge in [-0.2, -0.15) is 0 Å². The number of hydrogen-bond donors (Lipinski definition) is 1. The lowest BCUT2D eigenvalue weighted by molar-refractivity contribution is -0.134. The summed E-state index contributed by atoms with van der Waals surface area (Å²) in [5.74, 6) is 0.796. The van der Waals surface area contributed by atoms with E-state index in [2.05, 4.69) is 13.8 Å². The van der Waals surface area contributed by atoms with Crippen molar-refractivity contribution in [1.29, 1.82) is 0 Å². The summed E-state index contributed by atoms with van der Waals surface area (Å²) in [6.07, 6.45) is 7.94. The fraction of sp³-hybridized carbons (Fsp3) is 0.933. The zero-order valence-corrected chi connectivity index (χ0v) is 11.8. The van der Waals surface area contributed by atoms with Crippen molar-refractivity contribution in [3.05, 3.63) is 0 Å². The van der Waals surface area contributed by atoms with Crippen LogP contribution in [0.5, 0.6) is 0 Å². The molecule has 2 fully saturated rings. The molecule has 0 heterocycles. The topological polar surface area (TPSA) is 40.5 Å². The van der Waals surface area contributed by atoms with Gasteiger partial charge in [-0.3, -0.25) is 4.79 Å². The Hall–Kier alpha value is -0.570. The van der Waals surface area contributed by atoms with Crippen LogP contribution in [0.15, 0.2) is 0 Å². The molecule has 2 aliphatic rings. The molecular formula is C15H27NO2. The smallest absolute Gasteiger partial charge is 0.223 e. The van der Waals surface area contributed by atoms with Crippen molar-refractivity contribution in [2.45, 2.75) is 64.8 Å². The Morgan fingerprint density at radius 3 is 2.56 bits per heavy atom. The van der Waals surface area contributed by atoms with Crippen molar-refractivity contribution in [3.8, 4) is 0 Å². The highest BCUT2D eigenvalue weighted by atomic mass is 16.3. The van der Waals surface area contributed by atoms with Gasteiger partial charge < -0.3 is 10.0 Å². The molecule has 2 saturated carbocycles. The average molecular weight is 253 g/mol. The maximum absolute atomic E-state index is 12.4. The molecule has 2 aliphatic carbocycles. The van der Waals surface area contributed by atoms with Crippen LogP contribution in [-0.2, 0) is 4.79 Å². The lowest BCUT2D eigenvalue weighted by Crippen LogP contribution is -2.39. The minimum atomic E-state index is 0.0936. The molecule has 0 radical (unpaired) electrons. The monoisotopic (exact) mass is 253 g/mol. The van der Waals surface area contributed by atoms with E-state index in [0.29, 0.717) is 30.3 Å². The summed E-state index contributed by atoms with van der Waals surface area (Å²) < 4.78 is 0. The number of aliphatic hydroxyl groups is 1. The minimum absolute atomic E-state index is 0.0936. The van der Waals surface area contributed by atoms with Gasteiger partial charge in [0.2, 0.25) is 5.91 Å². The Morgan fingerprint density at radius 1 is 1.28 bits per heavy atom. The van der Waals surface area contributed by atoms with Gasteiger partial charge in [-0.15, -0.1) is 0 Å². The zero-order valence-electron chi connectivity index (χ0n) is 11.8. The van der Waals surface area contributed by atoms with Crippen LogP contribution in [0.4, 0.5) is 0 Å². The summed E-state index contributed by atoms with van der Waals surface area (Å²) in [6, 6.07) is 0.427. The molecule has 1 unspecified atom stereocenters. The molecule has 1 N–H and O–H groups in total. The van der Waals surface area contributed by atoms with Gasteiger partial charge in [0.25, 0.3) is 0 Å². The molecule has 0 spiro atoms. The van der Waals surface area contributed by atoms with Crippen LogP contribution in [0.25, 0.3) is 0 Å². The van der Waals surface area contributed by atoms with Crippen LogP contribution < -0.4 is 0 Å². The van der Waals surface area contributed by atoms with Gasteiger partial charge in [0, 0.05) is 19.0 Å². The van der Waals surface area contributed by atoms with Gasteiger partial charge in [0.15, 0.2) is 0 Å². The molecule has 0 saturated heterocycles. The number of hydrogen-bond acceptors (Lipinski definition) is 2. The highest BCUT2D eigenvalue weighted by Crippen LogP contribution is 2.43. The molecule has 3 heteroatoms. The second-order valence-corrected chi connectivity index (χ2v) is 6.68. The van der Waals surface area contributed by atoms with E-state index in [1.807, 2.05) is 4.90 Å². The minimum Gasteiger partial charge on any atom is -0.395 e. The lowest BCUT2D eigenvalue weighted by Gasteiger charge is -2.39. The molecule has 0 aromatic carbocycles. The molecule has 3 nitrogen and oxygen atoms in total. The molecule has 2 rings (SSSR count). The van der Waals surface area contributed by atoms with Crippen LogP contribution in [0.1, 0.15) is 58.8 Å². The van der Waals surface area contributed by atoms with E-state index in [0.717, 1.165) is 12.8 Å². The van der Waals surface area contributed by atoms with E-state index in [1.54, 1.807) is 0 Å². The third-order valence-corrected chi connectivity index (χ3v) is 4.80. The lowest BCUT2D eigenvalue weighted by atomic mass is 9.67. The molecule has 0 bridgehead atoms. The van der Waals surface area contributed by atoms with Crippen LogP contribution in [0.3, 0.4) is 0 Å². The largest absolute Gasteiger partial charge is 0.395 e. The Kier molecular flexibility index (Phi) is 4.31. The predicted octanol–water partition coefficient (Wildman–Crippen LogP) is 2.58. The van der Waals surface area contributed by atoms with Crippen molar-refractivity contribution in [2.75, 3.05) is 13.2 Å². The molecule has 0 aliphatic heterocycles. The number of carbonyl (C=O) groups excluding carboxylic acids is 1. The molecular weight excluding hydrogens is 226 g/mol. The predicted molar refractivity (Wildman–Crippen MR) is 72.2 cm³/mol. The second kappa shape index (κ2) is 5.60. The number of amides is 1. The summed E-state index contributed by atoms with van der Waals surface area (Å²) in [7, 11) is 0. The van der Waals surface area contributed by atoms with E-state index in [4.69, 9.17) is 5.11 Å². The van der Waals surface area contributed by atoms with Gasteiger partial charge in [-0.1, -0.05) is 26.7 Å². The van der Waals surface area contributed by atoms with Gasteiger partial charge in [0.05, 0.1) is 6.61 Å². The highest BCUT2D eigenvalue weighted by molar-refractivity contribution is 5.77. The fourth-order valence-electron chi connectivity index (χ4n) is 3.28. The molecule has 18 heavy (non-hydrogen) atoms. The quantitative estimate of drug-likeness (QED) is 0.818. The highest BCUT2D eigenvalue weighted by Gasteiger charge is 2.37. The fourth-order valence-corrected chi connectivity index (χ4v) is 3.28. The van der Waals surface area contributed by atoms with E-state index in [-0.39, 0.29) is 12.5 Å². The summed E-state index contributed by atoms with van der Waals surface area (Å²) in [4.78, 5) is 14.3. The van der Waals surface area contributed by atoms with Crippen molar-refractivity contribution < 1.29 is 9.90 Å². The molecule has 1 amide bonds. The van der Waals surface area contributed by atoms with Crippen LogP contribution in [-0.4, -0.2) is 35.1 Å². The van der Waals surface area contributed by atoms with Crippen LogP contribution in [0.2, 0.25) is 0 Å². The first-order valence-corrected chi connectivity index (χ1v) is 7.45. The van der Waals surface area contributed by atoms with Gasteiger partial charge in [-0.05, 0) is 37.0 Å². The first-order chi connectivity index (χ1) is 8.54. The molecule has 104 valence electrons. The van der Waals surface area contributed by atoms with Crippen molar-refractivity contribution >= 4 is 5.91 Å². The Balaban J connectivity index is 1.92. The molecule has 0 aromatic rings. The van der Waals surface area contributed by atoms with E-state index in [9.17, 15) is 4.79 Å². The summed E-state index contributed by atoms with van der Waals surface area (Å²) in [6.45, 7) is 5.22. The van der Waals surface area contributed by atoms with Crippen molar-refractivity contribution in [2.24, 2.45) is 11.3 Å². The van der Waals surface area contributed by atoms with Gasteiger partial charge >= 0.3 is 0 Å². The number of rotatable bonds is 5. The standard InChI is InChI=1S/C15H27NO2/c1-15(2)8-4-3-5-12(15)11-14(18)16(9-10-17)13-6-7-13/h12-13,17H,3-11H2,1-2H3. The maximum atomic E-state index is 12.4. The molecule has 0 aromatic heterocycles. The van der Waals surface area contributed by atoms with Crippen LogP contribution in [0, 0.1) is 11.3 Å². The Labute approximate surface area is 111 Å². The molecule has 1 atom stereocenters. The van der Waals surface area contributed by atoms with E-state index < -0.39 is 0 Å². The normalized spacial score (nSPS) is 26.9. The Morgan fingerprint density at radius 2 is 2.00 bits per heavy atom. The summed E-state index contributed by atoms with van der Waals surface area (Å²) >= 11 is 0. The number of carbonyl (C=O) groups is 1. The van der Waals surface area contributed by atoms with Gasteiger partial charge in [0.1, 0.15) is 0 Å². The summed E-state index contributed by atoms with van der Waals surface area (Å²) in [5.41, 5.74) is 0.308. The zero-order chi connectivity index (χ0) is 13.2. The Bertz CT molecular complexity index is 297. The first kappa shape index (κ1) is 13.9. The number of aliphatic hydroxyl groups excluding tert-OH is 1. The van der Waals surface area contributed by atoms with Crippen molar-refractivity contribution in [3.63, 3.8) is 0 Å². The summed E-state index contributed by atoms with van der Waals surface area (Å²) in [5, 5.41) is 9.08. The average Bonchev–Trinajstić information content (AvgIpc) is 3.12. The third kappa shape index (κ3) is 3.25. The van der Waals surface area contributed by atoms with E-state index in [1.165, 1.54) is 25.7 Å². The first-order valence-electron chi connectivity index (χ1n) is 7.45. The maximum Gasteiger partial charge on any atom is 0.223 e. The van der Waals surface area contributed by atoms with Crippen molar-refractivity contribution in [1.82, 2.24) is 4.90 Å². The van der Waals surface area contributed by atoms with E-state index >= 15 is 0 Å². The van der Waals surface area contributed by atoms with Gasteiger partial charge in [-0.25, -0.2) is 0 Å². The van der Waals surface area contributed by atoms with Crippen LogP contribution >= 0.6 is 0 Å². The SMILES string of the molecule is CC1(C)CCCCC1CC(=O)N(CCO)C1CC1. The number of nitrogens with zero attached hydrogens (tertiary/aromatic N) is 1. The third-order valence-electron chi connectivity index (χ3n) is 4.80. The second-order valence-electron chi connectivity index (χ2n) is 6.68.